The van der Waals surface area contributed by atoms with Gasteiger partial charge in [-0.3, -0.25) is 4.99 Å². The van der Waals surface area contributed by atoms with Gasteiger partial charge in [-0.25, -0.2) is 0 Å². The Bertz CT molecular complexity index is 637. The molecule has 2 fully saturated rings. The van der Waals surface area contributed by atoms with E-state index in [4.69, 9.17) is 0 Å². The third-order valence-electron chi connectivity index (χ3n) is 6.05. The summed E-state index contributed by atoms with van der Waals surface area (Å²) in [6.45, 7) is 2.24. The topological polar surface area (TPSA) is 36.4 Å². The summed E-state index contributed by atoms with van der Waals surface area (Å²) in [5.41, 5.74) is 4.50. The van der Waals surface area contributed by atoms with Crippen molar-refractivity contribution in [3.8, 4) is 0 Å². The maximum atomic E-state index is 4.62. The van der Waals surface area contributed by atoms with E-state index in [1.165, 1.54) is 25.0 Å². The van der Waals surface area contributed by atoms with Crippen molar-refractivity contribution in [2.75, 3.05) is 13.1 Å². The number of fused-ring (bicyclic) bond motifs is 3. The van der Waals surface area contributed by atoms with Crippen molar-refractivity contribution < 1.29 is 0 Å². The Hall–Kier alpha value is -1.61. The second kappa shape index (κ2) is 4.20. The number of nitrogens with zero attached hydrogens (tertiary/aromatic N) is 1. The van der Waals surface area contributed by atoms with Crippen LogP contribution in [0.1, 0.15) is 19.3 Å². The number of allylic oxidation sites excluding steroid dienone is 6. The van der Waals surface area contributed by atoms with E-state index in [2.05, 4.69) is 46.0 Å². The SMILES string of the molecule is C1=CC2=NC=CC2(C2CNC3=C4CCNC4CCC32)C=C1. The molecule has 3 heteroatoms. The van der Waals surface area contributed by atoms with Gasteiger partial charge in [-0.1, -0.05) is 18.2 Å². The van der Waals surface area contributed by atoms with Crippen molar-refractivity contribution in [1.82, 2.24) is 10.6 Å². The highest BCUT2D eigenvalue weighted by atomic mass is 15.0. The molecule has 2 aliphatic carbocycles. The molecule has 108 valence electrons. The zero-order valence-electron chi connectivity index (χ0n) is 12.2. The number of rotatable bonds is 1. The normalized spacial score (nSPS) is 42.7. The zero-order chi connectivity index (χ0) is 13.9. The van der Waals surface area contributed by atoms with Crippen LogP contribution in [0.5, 0.6) is 0 Å². The summed E-state index contributed by atoms with van der Waals surface area (Å²) in [6, 6.07) is 0.647. The average Bonchev–Trinajstić information content (AvgIpc) is 3.23. The lowest BCUT2D eigenvalue weighted by Crippen LogP contribution is -2.39. The number of hydrogen-bond donors (Lipinski definition) is 2. The van der Waals surface area contributed by atoms with Crippen LogP contribution < -0.4 is 10.6 Å². The molecule has 4 unspecified atom stereocenters. The van der Waals surface area contributed by atoms with E-state index in [1.54, 1.807) is 11.3 Å². The van der Waals surface area contributed by atoms with Gasteiger partial charge in [0, 0.05) is 36.3 Å². The van der Waals surface area contributed by atoms with E-state index in [0.717, 1.165) is 13.1 Å². The molecule has 0 spiro atoms. The van der Waals surface area contributed by atoms with E-state index in [0.29, 0.717) is 17.9 Å². The first kappa shape index (κ1) is 12.0. The standard InChI is InChI=1S/C18H21N3/c1-2-7-18(8-10-20-16(18)3-1)14-11-21-17-12(14)4-5-15-13(17)6-9-19-15/h1-3,7-8,10,12,14-15,19,21H,4-6,9,11H2. The van der Waals surface area contributed by atoms with Crippen LogP contribution in [0, 0.1) is 17.3 Å². The predicted octanol–water partition coefficient (Wildman–Crippen LogP) is 2.31. The van der Waals surface area contributed by atoms with Crippen LogP contribution in [0.15, 0.2) is 52.8 Å². The fourth-order valence-electron chi connectivity index (χ4n) is 5.08. The molecule has 0 bridgehead atoms. The highest BCUT2D eigenvalue weighted by Crippen LogP contribution is 2.50. The summed E-state index contributed by atoms with van der Waals surface area (Å²) in [7, 11) is 0. The van der Waals surface area contributed by atoms with Crippen LogP contribution in [0.3, 0.4) is 0 Å². The van der Waals surface area contributed by atoms with Crippen molar-refractivity contribution in [2.45, 2.75) is 25.3 Å². The second-order valence-corrected chi connectivity index (χ2v) is 6.85. The van der Waals surface area contributed by atoms with E-state index in [-0.39, 0.29) is 5.41 Å². The predicted molar refractivity (Wildman–Crippen MR) is 84.9 cm³/mol. The molecule has 0 saturated carbocycles. The van der Waals surface area contributed by atoms with Gasteiger partial charge in [0.15, 0.2) is 0 Å². The molecule has 3 aliphatic heterocycles. The van der Waals surface area contributed by atoms with Crippen LogP contribution in [0.4, 0.5) is 0 Å². The van der Waals surface area contributed by atoms with Crippen LogP contribution in [0.2, 0.25) is 0 Å². The maximum absolute atomic E-state index is 4.62. The molecule has 2 N–H and O–H groups in total. The molecule has 0 aromatic carbocycles. The average molecular weight is 279 g/mol. The Morgan fingerprint density at radius 3 is 3.19 bits per heavy atom. The van der Waals surface area contributed by atoms with Gasteiger partial charge in [0.25, 0.3) is 0 Å². The summed E-state index contributed by atoms with van der Waals surface area (Å²) in [5, 5.41) is 7.43. The van der Waals surface area contributed by atoms with Gasteiger partial charge < -0.3 is 10.6 Å². The van der Waals surface area contributed by atoms with E-state index < -0.39 is 0 Å². The highest BCUT2D eigenvalue weighted by Gasteiger charge is 2.50. The molecule has 5 rings (SSSR count). The minimum atomic E-state index is 0.0353. The smallest absolute Gasteiger partial charge is 0.0557 e. The van der Waals surface area contributed by atoms with Gasteiger partial charge in [0.2, 0.25) is 0 Å². The van der Waals surface area contributed by atoms with E-state index in [9.17, 15) is 0 Å². The summed E-state index contributed by atoms with van der Waals surface area (Å²) in [6.07, 6.45) is 17.0. The lowest BCUT2D eigenvalue weighted by molar-refractivity contribution is 0.302. The molecule has 21 heavy (non-hydrogen) atoms. The minimum Gasteiger partial charge on any atom is -0.388 e. The molecule has 3 heterocycles. The van der Waals surface area contributed by atoms with Crippen molar-refractivity contribution in [1.29, 1.82) is 0 Å². The Balaban J connectivity index is 1.57. The van der Waals surface area contributed by atoms with Gasteiger partial charge in [-0.15, -0.1) is 0 Å². The molecular formula is C18H21N3. The maximum Gasteiger partial charge on any atom is 0.0557 e. The summed E-state index contributed by atoms with van der Waals surface area (Å²) >= 11 is 0. The zero-order valence-corrected chi connectivity index (χ0v) is 12.2. The summed E-state index contributed by atoms with van der Waals surface area (Å²) < 4.78 is 0. The third-order valence-corrected chi connectivity index (χ3v) is 6.05. The summed E-state index contributed by atoms with van der Waals surface area (Å²) in [4.78, 5) is 4.62. The number of hydrogen-bond acceptors (Lipinski definition) is 3. The Morgan fingerprint density at radius 1 is 1.19 bits per heavy atom. The molecule has 0 aromatic heterocycles. The monoisotopic (exact) mass is 279 g/mol. The first-order chi connectivity index (χ1) is 10.4. The minimum absolute atomic E-state index is 0.0353. The van der Waals surface area contributed by atoms with Crippen molar-refractivity contribution in [3.05, 3.63) is 47.9 Å². The fourth-order valence-corrected chi connectivity index (χ4v) is 5.08. The molecule has 2 saturated heterocycles. The fraction of sp³-hybridized carbons (Fsp3) is 0.500. The van der Waals surface area contributed by atoms with Gasteiger partial charge in [-0.2, -0.15) is 0 Å². The van der Waals surface area contributed by atoms with Crippen LogP contribution in [0.25, 0.3) is 0 Å². The van der Waals surface area contributed by atoms with Crippen LogP contribution in [-0.4, -0.2) is 24.8 Å². The lowest BCUT2D eigenvalue weighted by atomic mass is 9.64. The first-order valence-electron chi connectivity index (χ1n) is 8.20. The molecule has 0 radical (unpaired) electrons. The van der Waals surface area contributed by atoms with E-state index in [1.807, 2.05) is 6.20 Å². The highest BCUT2D eigenvalue weighted by molar-refractivity contribution is 6.05. The molecule has 0 aromatic rings. The number of aliphatic imine (C=N–C) groups is 1. The van der Waals surface area contributed by atoms with Crippen LogP contribution >= 0.6 is 0 Å². The van der Waals surface area contributed by atoms with Gasteiger partial charge in [-0.05, 0) is 43.5 Å². The quantitative estimate of drug-likeness (QED) is 0.773. The molecule has 3 nitrogen and oxygen atoms in total. The van der Waals surface area contributed by atoms with Crippen molar-refractivity contribution in [2.24, 2.45) is 22.2 Å². The van der Waals surface area contributed by atoms with Crippen LogP contribution in [-0.2, 0) is 0 Å². The molecule has 0 amide bonds. The Labute approximate surface area is 125 Å². The Kier molecular flexibility index (Phi) is 2.40. The second-order valence-electron chi connectivity index (χ2n) is 6.85. The first-order valence-corrected chi connectivity index (χ1v) is 8.20. The van der Waals surface area contributed by atoms with Crippen molar-refractivity contribution >= 4 is 5.71 Å². The van der Waals surface area contributed by atoms with E-state index >= 15 is 0 Å². The van der Waals surface area contributed by atoms with Gasteiger partial charge >= 0.3 is 0 Å². The largest absolute Gasteiger partial charge is 0.388 e. The molecule has 4 atom stereocenters. The summed E-state index contributed by atoms with van der Waals surface area (Å²) in [5.74, 6) is 1.29. The Morgan fingerprint density at radius 2 is 2.19 bits per heavy atom. The van der Waals surface area contributed by atoms with Gasteiger partial charge in [0.1, 0.15) is 0 Å². The van der Waals surface area contributed by atoms with Crippen molar-refractivity contribution in [3.63, 3.8) is 0 Å². The molecule has 5 aliphatic rings. The number of nitrogens with one attached hydrogen (secondary N) is 2. The lowest BCUT2D eigenvalue weighted by Gasteiger charge is -2.38. The van der Waals surface area contributed by atoms with Gasteiger partial charge in [0.05, 0.1) is 11.1 Å². The third kappa shape index (κ3) is 1.50. The molecular weight excluding hydrogens is 258 g/mol.